The van der Waals surface area contributed by atoms with Gasteiger partial charge >= 0.3 is 0 Å². The van der Waals surface area contributed by atoms with E-state index in [9.17, 15) is 10.1 Å². The van der Waals surface area contributed by atoms with E-state index in [4.69, 9.17) is 0 Å². The topological polar surface area (TPSA) is 58.4 Å². The first kappa shape index (κ1) is 14.9. The van der Waals surface area contributed by atoms with E-state index in [-0.39, 0.29) is 16.7 Å². The summed E-state index contributed by atoms with van der Waals surface area (Å²) in [5.41, 5.74) is 1.25. The number of piperazine rings is 1. The predicted molar refractivity (Wildman–Crippen MR) is 79.7 cm³/mol. The van der Waals surface area contributed by atoms with Gasteiger partial charge in [0, 0.05) is 44.4 Å². The fraction of sp³-hybridized carbons (Fsp3) is 0.600. The summed E-state index contributed by atoms with van der Waals surface area (Å²) in [5.74, 6) is 0.482. The molecule has 0 spiro atoms. The number of hydrogen-bond acceptors (Lipinski definition) is 4. The van der Waals surface area contributed by atoms with Crippen molar-refractivity contribution in [2.24, 2.45) is 5.92 Å². The van der Waals surface area contributed by atoms with E-state index in [1.54, 1.807) is 18.2 Å². The minimum atomic E-state index is -0.311. The third-order valence-electron chi connectivity index (χ3n) is 4.15. The highest BCUT2D eigenvalue weighted by Crippen LogP contribution is 2.32. The standard InChI is InChI=1S/C15H23N3O2/c1-3-12(2)15(17-9-7-16-8-10-17)13-5-4-6-14(11-13)18(19)20/h4-6,11-12,15-16H,3,7-10H2,1-2H3/t12?,15-/m0/s1. The summed E-state index contributed by atoms with van der Waals surface area (Å²) >= 11 is 0. The maximum atomic E-state index is 11.0. The van der Waals surface area contributed by atoms with Gasteiger partial charge in [-0.15, -0.1) is 0 Å². The highest BCUT2D eigenvalue weighted by molar-refractivity contribution is 5.36. The van der Waals surface area contributed by atoms with Crippen molar-refractivity contribution in [3.63, 3.8) is 0 Å². The minimum Gasteiger partial charge on any atom is -0.314 e. The van der Waals surface area contributed by atoms with Crippen LogP contribution in [0.15, 0.2) is 24.3 Å². The molecule has 1 N–H and O–H groups in total. The summed E-state index contributed by atoms with van der Waals surface area (Å²) < 4.78 is 0. The Morgan fingerprint density at radius 2 is 2.10 bits per heavy atom. The lowest BCUT2D eigenvalue weighted by Crippen LogP contribution is -2.46. The Morgan fingerprint density at radius 1 is 1.40 bits per heavy atom. The van der Waals surface area contributed by atoms with Crippen molar-refractivity contribution < 1.29 is 4.92 Å². The van der Waals surface area contributed by atoms with Crippen LogP contribution in [0, 0.1) is 16.0 Å². The highest BCUT2D eigenvalue weighted by Gasteiger charge is 2.27. The van der Waals surface area contributed by atoms with E-state index in [1.165, 1.54) is 0 Å². The third-order valence-corrected chi connectivity index (χ3v) is 4.15. The molecule has 2 atom stereocenters. The van der Waals surface area contributed by atoms with Gasteiger partial charge in [0.05, 0.1) is 4.92 Å². The molecule has 110 valence electrons. The van der Waals surface area contributed by atoms with Crippen molar-refractivity contribution >= 4 is 5.69 Å². The van der Waals surface area contributed by atoms with E-state index < -0.39 is 0 Å². The molecule has 5 heteroatoms. The zero-order chi connectivity index (χ0) is 14.5. The summed E-state index contributed by atoms with van der Waals surface area (Å²) in [4.78, 5) is 13.1. The lowest BCUT2D eigenvalue weighted by Gasteiger charge is -2.38. The zero-order valence-electron chi connectivity index (χ0n) is 12.2. The third kappa shape index (κ3) is 3.35. The summed E-state index contributed by atoms with van der Waals surface area (Å²) in [7, 11) is 0. The molecule has 0 radical (unpaired) electrons. The number of nitrogens with one attached hydrogen (secondary N) is 1. The van der Waals surface area contributed by atoms with Crippen molar-refractivity contribution in [3.8, 4) is 0 Å². The van der Waals surface area contributed by atoms with E-state index in [0.29, 0.717) is 5.92 Å². The normalized spacial score (nSPS) is 19.5. The first-order valence-electron chi connectivity index (χ1n) is 7.32. The second-order valence-corrected chi connectivity index (χ2v) is 5.47. The first-order valence-corrected chi connectivity index (χ1v) is 7.32. The van der Waals surface area contributed by atoms with E-state index >= 15 is 0 Å². The number of nitro benzene ring substituents is 1. The number of benzene rings is 1. The lowest BCUT2D eigenvalue weighted by molar-refractivity contribution is -0.385. The van der Waals surface area contributed by atoms with Gasteiger partial charge in [0.15, 0.2) is 0 Å². The van der Waals surface area contributed by atoms with Crippen LogP contribution in [0.1, 0.15) is 31.9 Å². The molecular formula is C15H23N3O2. The van der Waals surface area contributed by atoms with Gasteiger partial charge in [0.1, 0.15) is 0 Å². The summed E-state index contributed by atoms with van der Waals surface area (Å²) in [6, 6.07) is 7.38. The van der Waals surface area contributed by atoms with Crippen LogP contribution in [0.25, 0.3) is 0 Å². The van der Waals surface area contributed by atoms with Gasteiger partial charge in [-0.3, -0.25) is 15.0 Å². The molecular weight excluding hydrogens is 254 g/mol. The van der Waals surface area contributed by atoms with E-state index in [2.05, 4.69) is 24.1 Å². The quantitative estimate of drug-likeness (QED) is 0.664. The largest absolute Gasteiger partial charge is 0.314 e. The van der Waals surface area contributed by atoms with Gasteiger partial charge in [0.2, 0.25) is 0 Å². The average molecular weight is 277 g/mol. The van der Waals surface area contributed by atoms with Gasteiger partial charge in [-0.1, -0.05) is 32.4 Å². The average Bonchev–Trinajstić information content (AvgIpc) is 2.48. The SMILES string of the molecule is CCC(C)[C@@H](c1cccc([N+](=O)[O-])c1)N1CCNCC1. The number of nitrogens with zero attached hydrogens (tertiary/aromatic N) is 2. The van der Waals surface area contributed by atoms with E-state index in [0.717, 1.165) is 38.2 Å². The zero-order valence-corrected chi connectivity index (χ0v) is 12.2. The van der Waals surface area contributed by atoms with Crippen LogP contribution in [0.5, 0.6) is 0 Å². The Hall–Kier alpha value is -1.46. The molecule has 0 bridgehead atoms. The van der Waals surface area contributed by atoms with Crippen molar-refractivity contribution in [1.29, 1.82) is 0 Å². The summed E-state index contributed by atoms with van der Waals surface area (Å²) in [6.45, 7) is 8.38. The minimum absolute atomic E-state index is 0.186. The molecule has 0 aliphatic carbocycles. The van der Waals surface area contributed by atoms with Crippen LogP contribution in [-0.4, -0.2) is 36.0 Å². The number of nitro groups is 1. The van der Waals surface area contributed by atoms with E-state index in [1.807, 2.05) is 6.07 Å². The fourth-order valence-electron chi connectivity index (χ4n) is 2.91. The maximum Gasteiger partial charge on any atom is 0.269 e. The van der Waals surface area contributed by atoms with Crippen LogP contribution < -0.4 is 5.32 Å². The second kappa shape index (κ2) is 6.81. The molecule has 0 aromatic heterocycles. The van der Waals surface area contributed by atoms with Crippen LogP contribution in [-0.2, 0) is 0 Å². The Labute approximate surface area is 120 Å². The molecule has 2 rings (SSSR count). The van der Waals surface area contributed by atoms with Crippen LogP contribution >= 0.6 is 0 Å². The van der Waals surface area contributed by atoms with Gasteiger partial charge in [-0.2, -0.15) is 0 Å². The molecule has 20 heavy (non-hydrogen) atoms. The second-order valence-electron chi connectivity index (χ2n) is 5.47. The van der Waals surface area contributed by atoms with Gasteiger partial charge in [-0.25, -0.2) is 0 Å². The number of non-ortho nitro benzene ring substituents is 1. The van der Waals surface area contributed by atoms with Gasteiger partial charge in [0.25, 0.3) is 5.69 Å². The Balaban J connectivity index is 2.30. The van der Waals surface area contributed by atoms with Crippen LogP contribution in [0.2, 0.25) is 0 Å². The molecule has 1 aromatic carbocycles. The Morgan fingerprint density at radius 3 is 2.70 bits per heavy atom. The van der Waals surface area contributed by atoms with Crippen molar-refractivity contribution in [1.82, 2.24) is 10.2 Å². The molecule has 1 saturated heterocycles. The summed E-state index contributed by atoms with van der Waals surface area (Å²) in [5, 5.41) is 14.3. The van der Waals surface area contributed by atoms with Crippen LogP contribution in [0.3, 0.4) is 0 Å². The van der Waals surface area contributed by atoms with Gasteiger partial charge < -0.3 is 5.32 Å². The lowest BCUT2D eigenvalue weighted by atomic mass is 9.90. The molecule has 1 aliphatic rings. The van der Waals surface area contributed by atoms with Crippen molar-refractivity contribution in [3.05, 3.63) is 39.9 Å². The molecule has 1 aromatic rings. The monoisotopic (exact) mass is 277 g/mol. The van der Waals surface area contributed by atoms with Crippen molar-refractivity contribution in [2.75, 3.05) is 26.2 Å². The summed E-state index contributed by atoms with van der Waals surface area (Å²) in [6.07, 6.45) is 1.07. The first-order chi connectivity index (χ1) is 9.63. The van der Waals surface area contributed by atoms with Crippen LogP contribution in [0.4, 0.5) is 5.69 Å². The molecule has 1 heterocycles. The highest BCUT2D eigenvalue weighted by atomic mass is 16.6. The predicted octanol–water partition coefficient (Wildman–Crippen LogP) is 2.59. The molecule has 1 fully saturated rings. The fourth-order valence-corrected chi connectivity index (χ4v) is 2.91. The van der Waals surface area contributed by atoms with Gasteiger partial charge in [-0.05, 0) is 11.5 Å². The number of rotatable bonds is 5. The molecule has 5 nitrogen and oxygen atoms in total. The molecule has 0 amide bonds. The van der Waals surface area contributed by atoms with Crippen molar-refractivity contribution in [2.45, 2.75) is 26.3 Å². The Bertz CT molecular complexity index is 458. The molecule has 1 unspecified atom stereocenters. The number of hydrogen-bond donors (Lipinski definition) is 1. The Kier molecular flexibility index (Phi) is 5.09. The molecule has 0 saturated carbocycles. The smallest absolute Gasteiger partial charge is 0.269 e. The maximum absolute atomic E-state index is 11.0. The molecule has 1 aliphatic heterocycles.